The average Bonchev–Trinajstić information content (AvgIpc) is 3.04. The molecule has 2 aromatic heterocycles. The lowest BCUT2D eigenvalue weighted by molar-refractivity contribution is 0.0731. The van der Waals surface area contributed by atoms with Crippen molar-refractivity contribution in [3.05, 3.63) is 47.8 Å². The Morgan fingerprint density at radius 2 is 2.17 bits per heavy atom. The van der Waals surface area contributed by atoms with Crippen LogP contribution in [0.5, 0.6) is 0 Å². The number of likely N-dealkylation sites (tertiary alicyclic amines) is 1. The first-order valence-corrected chi connectivity index (χ1v) is 7.68. The Morgan fingerprint density at radius 3 is 2.91 bits per heavy atom. The van der Waals surface area contributed by atoms with E-state index >= 15 is 0 Å². The SMILES string of the molecule is CN(C)Cc1cncc([C@H]2CCCN2C(=O)c2ccnnc2)n1. The van der Waals surface area contributed by atoms with Crippen molar-refractivity contribution in [2.45, 2.75) is 25.4 Å². The molecule has 2 aromatic rings. The van der Waals surface area contributed by atoms with Crippen LogP contribution in [0.4, 0.5) is 0 Å². The van der Waals surface area contributed by atoms with E-state index in [1.807, 2.05) is 23.9 Å². The predicted molar refractivity (Wildman–Crippen MR) is 84.5 cm³/mol. The van der Waals surface area contributed by atoms with Gasteiger partial charge < -0.3 is 9.80 Å². The van der Waals surface area contributed by atoms with Gasteiger partial charge in [-0.2, -0.15) is 10.2 Å². The second-order valence-corrected chi connectivity index (χ2v) is 5.96. The monoisotopic (exact) mass is 312 g/mol. The van der Waals surface area contributed by atoms with E-state index in [9.17, 15) is 4.79 Å². The molecule has 1 aliphatic heterocycles. The summed E-state index contributed by atoms with van der Waals surface area (Å²) in [6, 6.07) is 1.67. The summed E-state index contributed by atoms with van der Waals surface area (Å²) in [7, 11) is 3.99. The largest absolute Gasteiger partial charge is 0.330 e. The first-order chi connectivity index (χ1) is 11.1. The van der Waals surface area contributed by atoms with Gasteiger partial charge >= 0.3 is 0 Å². The highest BCUT2D eigenvalue weighted by Gasteiger charge is 2.32. The third-order valence-corrected chi connectivity index (χ3v) is 3.87. The van der Waals surface area contributed by atoms with Gasteiger partial charge in [-0.25, -0.2) is 0 Å². The highest BCUT2D eigenvalue weighted by molar-refractivity contribution is 5.94. The molecule has 1 fully saturated rings. The molecular weight excluding hydrogens is 292 g/mol. The van der Waals surface area contributed by atoms with E-state index in [0.717, 1.165) is 37.3 Å². The van der Waals surface area contributed by atoms with Gasteiger partial charge in [-0.15, -0.1) is 0 Å². The van der Waals surface area contributed by atoms with Gasteiger partial charge in [-0.3, -0.25) is 14.8 Å². The van der Waals surface area contributed by atoms with Crippen LogP contribution in [0.2, 0.25) is 0 Å². The summed E-state index contributed by atoms with van der Waals surface area (Å²) in [6.45, 7) is 1.46. The van der Waals surface area contributed by atoms with Crippen LogP contribution in [0.3, 0.4) is 0 Å². The normalized spacial score (nSPS) is 17.7. The second kappa shape index (κ2) is 6.78. The van der Waals surface area contributed by atoms with Crippen molar-refractivity contribution in [1.29, 1.82) is 0 Å². The Labute approximate surface area is 135 Å². The quantitative estimate of drug-likeness (QED) is 0.847. The van der Waals surface area contributed by atoms with Crippen molar-refractivity contribution in [1.82, 2.24) is 30.0 Å². The molecule has 0 spiro atoms. The number of amides is 1. The number of carbonyl (C=O) groups is 1. The van der Waals surface area contributed by atoms with Crippen LogP contribution in [-0.4, -0.2) is 56.5 Å². The molecule has 3 rings (SSSR count). The summed E-state index contributed by atoms with van der Waals surface area (Å²) < 4.78 is 0. The molecule has 7 heteroatoms. The van der Waals surface area contributed by atoms with Gasteiger partial charge in [0.2, 0.25) is 0 Å². The maximum absolute atomic E-state index is 12.7. The Morgan fingerprint density at radius 1 is 1.30 bits per heavy atom. The first kappa shape index (κ1) is 15.5. The van der Waals surface area contributed by atoms with Crippen LogP contribution >= 0.6 is 0 Å². The summed E-state index contributed by atoms with van der Waals surface area (Å²) in [6.07, 6.45) is 8.46. The lowest BCUT2D eigenvalue weighted by Gasteiger charge is -2.24. The number of hydrogen-bond acceptors (Lipinski definition) is 6. The molecule has 0 bridgehead atoms. The summed E-state index contributed by atoms with van der Waals surface area (Å²) in [5.41, 5.74) is 2.33. The fourth-order valence-electron chi connectivity index (χ4n) is 2.88. The van der Waals surface area contributed by atoms with E-state index in [1.54, 1.807) is 18.5 Å². The number of aromatic nitrogens is 4. The van der Waals surface area contributed by atoms with Crippen LogP contribution < -0.4 is 0 Å². The molecule has 0 unspecified atom stereocenters. The van der Waals surface area contributed by atoms with Crippen molar-refractivity contribution in [2.75, 3.05) is 20.6 Å². The molecule has 1 amide bonds. The molecule has 23 heavy (non-hydrogen) atoms. The first-order valence-electron chi connectivity index (χ1n) is 7.68. The number of rotatable bonds is 4. The lowest BCUT2D eigenvalue weighted by atomic mass is 10.1. The van der Waals surface area contributed by atoms with Gasteiger partial charge in [0.25, 0.3) is 5.91 Å². The Bertz CT molecular complexity index is 675. The Kier molecular flexibility index (Phi) is 4.57. The third kappa shape index (κ3) is 3.50. The van der Waals surface area contributed by atoms with Crippen LogP contribution in [0.1, 0.15) is 40.6 Å². The van der Waals surface area contributed by atoms with Gasteiger partial charge in [0, 0.05) is 19.3 Å². The highest BCUT2D eigenvalue weighted by atomic mass is 16.2. The summed E-state index contributed by atoms with van der Waals surface area (Å²) in [5.74, 6) is -0.0257. The fourth-order valence-corrected chi connectivity index (χ4v) is 2.88. The van der Waals surface area contributed by atoms with E-state index < -0.39 is 0 Å². The topological polar surface area (TPSA) is 75.1 Å². The van der Waals surface area contributed by atoms with Gasteiger partial charge in [-0.05, 0) is 33.0 Å². The van der Waals surface area contributed by atoms with Crippen molar-refractivity contribution in [2.24, 2.45) is 0 Å². The molecule has 3 heterocycles. The number of hydrogen-bond donors (Lipinski definition) is 0. The fraction of sp³-hybridized carbons (Fsp3) is 0.438. The Hall–Kier alpha value is -2.41. The molecule has 1 aliphatic rings. The van der Waals surface area contributed by atoms with Gasteiger partial charge in [0.1, 0.15) is 0 Å². The molecule has 0 N–H and O–H groups in total. The van der Waals surface area contributed by atoms with Crippen molar-refractivity contribution in [3.63, 3.8) is 0 Å². The minimum absolute atomic E-state index is 0.0229. The average molecular weight is 312 g/mol. The van der Waals surface area contributed by atoms with Crippen molar-refractivity contribution in [3.8, 4) is 0 Å². The van der Waals surface area contributed by atoms with Crippen LogP contribution in [-0.2, 0) is 6.54 Å². The van der Waals surface area contributed by atoms with Gasteiger partial charge in [0.05, 0.1) is 41.6 Å². The van der Waals surface area contributed by atoms with Crippen LogP contribution in [0.15, 0.2) is 30.9 Å². The zero-order valence-electron chi connectivity index (χ0n) is 13.4. The summed E-state index contributed by atoms with van der Waals surface area (Å²) in [5, 5.41) is 7.51. The van der Waals surface area contributed by atoms with Gasteiger partial charge in [0.15, 0.2) is 0 Å². The van der Waals surface area contributed by atoms with Crippen LogP contribution in [0, 0.1) is 0 Å². The van der Waals surface area contributed by atoms with E-state index in [1.165, 1.54) is 12.4 Å². The zero-order chi connectivity index (χ0) is 16.2. The second-order valence-electron chi connectivity index (χ2n) is 5.96. The van der Waals surface area contributed by atoms with Gasteiger partial charge in [-0.1, -0.05) is 0 Å². The molecule has 0 aromatic carbocycles. The summed E-state index contributed by atoms with van der Waals surface area (Å²) in [4.78, 5) is 25.6. The van der Waals surface area contributed by atoms with E-state index in [-0.39, 0.29) is 11.9 Å². The molecular formula is C16H20N6O. The standard InChI is InChI=1S/C16H20N6O/c1-21(2)11-13-9-17-10-14(20-13)15-4-3-7-22(15)16(23)12-5-6-18-19-8-12/h5-6,8-10,15H,3-4,7,11H2,1-2H3/t15-/m1/s1. The third-order valence-electron chi connectivity index (χ3n) is 3.87. The smallest absolute Gasteiger partial charge is 0.256 e. The molecule has 120 valence electrons. The van der Waals surface area contributed by atoms with E-state index in [2.05, 4.69) is 15.2 Å². The zero-order valence-corrected chi connectivity index (χ0v) is 13.4. The van der Waals surface area contributed by atoms with Crippen molar-refractivity contribution >= 4 is 5.91 Å². The lowest BCUT2D eigenvalue weighted by Crippen LogP contribution is -2.31. The molecule has 0 radical (unpaired) electrons. The number of nitrogens with zero attached hydrogens (tertiary/aromatic N) is 6. The molecule has 0 saturated carbocycles. The van der Waals surface area contributed by atoms with E-state index in [0.29, 0.717) is 5.56 Å². The van der Waals surface area contributed by atoms with E-state index in [4.69, 9.17) is 4.98 Å². The Balaban J connectivity index is 1.83. The summed E-state index contributed by atoms with van der Waals surface area (Å²) >= 11 is 0. The molecule has 0 aliphatic carbocycles. The maximum Gasteiger partial charge on any atom is 0.256 e. The highest BCUT2D eigenvalue weighted by Crippen LogP contribution is 2.31. The molecule has 7 nitrogen and oxygen atoms in total. The maximum atomic E-state index is 12.7. The van der Waals surface area contributed by atoms with Crippen LogP contribution in [0.25, 0.3) is 0 Å². The number of carbonyl (C=O) groups excluding carboxylic acids is 1. The molecule has 1 saturated heterocycles. The minimum atomic E-state index is -0.0257. The predicted octanol–water partition coefficient (Wildman–Crippen LogP) is 1.31. The minimum Gasteiger partial charge on any atom is -0.330 e. The molecule has 1 atom stereocenters. The van der Waals surface area contributed by atoms with Crippen molar-refractivity contribution < 1.29 is 4.79 Å².